The molecule has 24 heavy (non-hydrogen) atoms. The third-order valence-corrected chi connectivity index (χ3v) is 5.61. The molecule has 3 aromatic rings. The molecular weight excluding hydrogens is 320 g/mol. The summed E-state index contributed by atoms with van der Waals surface area (Å²) in [5.41, 5.74) is 3.06. The molecule has 0 saturated heterocycles. The zero-order chi connectivity index (χ0) is 16.7. The van der Waals surface area contributed by atoms with Crippen LogP contribution >= 0.6 is 11.3 Å². The van der Waals surface area contributed by atoms with Gasteiger partial charge in [0.15, 0.2) is 0 Å². The van der Waals surface area contributed by atoms with Crippen molar-refractivity contribution in [3.05, 3.63) is 41.0 Å². The fourth-order valence-electron chi connectivity index (χ4n) is 2.98. The van der Waals surface area contributed by atoms with Crippen LogP contribution in [0.3, 0.4) is 0 Å². The molecular formula is C19H20N2O2S. The highest BCUT2D eigenvalue weighted by Crippen LogP contribution is 2.34. The SMILES string of the molecule is CCOC(=O)c1sc(-c2ccc3c(ccn3CC3CC3)c2)nc1C. The van der Waals surface area contributed by atoms with Crippen LogP contribution < -0.4 is 0 Å². The van der Waals surface area contributed by atoms with Gasteiger partial charge in [0.25, 0.3) is 0 Å². The number of nitrogens with zero attached hydrogens (tertiary/aromatic N) is 2. The van der Waals surface area contributed by atoms with E-state index in [9.17, 15) is 4.79 Å². The summed E-state index contributed by atoms with van der Waals surface area (Å²) in [7, 11) is 0. The number of esters is 1. The van der Waals surface area contributed by atoms with Gasteiger partial charge in [0.05, 0.1) is 12.3 Å². The molecule has 0 radical (unpaired) electrons. The van der Waals surface area contributed by atoms with E-state index in [1.165, 1.54) is 35.1 Å². The first-order chi connectivity index (χ1) is 11.7. The average molecular weight is 340 g/mol. The first-order valence-corrected chi connectivity index (χ1v) is 9.21. The fraction of sp³-hybridized carbons (Fsp3) is 0.368. The van der Waals surface area contributed by atoms with Gasteiger partial charge in [-0.2, -0.15) is 0 Å². The van der Waals surface area contributed by atoms with E-state index in [-0.39, 0.29) is 5.97 Å². The lowest BCUT2D eigenvalue weighted by molar-refractivity contribution is 0.0531. The number of aromatic nitrogens is 2. The number of rotatable bonds is 5. The summed E-state index contributed by atoms with van der Waals surface area (Å²) in [5.74, 6) is 0.574. The average Bonchev–Trinajstić information content (AvgIpc) is 3.17. The maximum Gasteiger partial charge on any atom is 0.350 e. The van der Waals surface area contributed by atoms with Gasteiger partial charge in [-0.1, -0.05) is 0 Å². The monoisotopic (exact) mass is 340 g/mol. The van der Waals surface area contributed by atoms with Crippen molar-refractivity contribution in [1.82, 2.24) is 9.55 Å². The van der Waals surface area contributed by atoms with Crippen LogP contribution in [0, 0.1) is 12.8 Å². The van der Waals surface area contributed by atoms with Gasteiger partial charge in [0.1, 0.15) is 9.88 Å². The Morgan fingerprint density at radius 1 is 1.38 bits per heavy atom. The van der Waals surface area contributed by atoms with E-state index < -0.39 is 0 Å². The van der Waals surface area contributed by atoms with Crippen molar-refractivity contribution >= 4 is 28.2 Å². The van der Waals surface area contributed by atoms with Gasteiger partial charge in [-0.05, 0) is 56.9 Å². The Hall–Kier alpha value is -2.14. The maximum absolute atomic E-state index is 12.0. The Kier molecular flexibility index (Phi) is 3.88. The smallest absolute Gasteiger partial charge is 0.350 e. The Morgan fingerprint density at radius 2 is 2.21 bits per heavy atom. The van der Waals surface area contributed by atoms with Crippen LogP contribution in [0.2, 0.25) is 0 Å². The molecule has 2 heterocycles. The number of fused-ring (bicyclic) bond motifs is 1. The van der Waals surface area contributed by atoms with Gasteiger partial charge in [0, 0.05) is 29.2 Å². The molecule has 4 nitrogen and oxygen atoms in total. The van der Waals surface area contributed by atoms with Gasteiger partial charge in [-0.15, -0.1) is 11.3 Å². The number of hydrogen-bond acceptors (Lipinski definition) is 4. The summed E-state index contributed by atoms with van der Waals surface area (Å²) in [6.45, 7) is 5.17. The summed E-state index contributed by atoms with van der Waals surface area (Å²) in [6, 6.07) is 8.58. The third-order valence-electron chi connectivity index (χ3n) is 4.43. The van der Waals surface area contributed by atoms with Crippen molar-refractivity contribution in [3.8, 4) is 10.6 Å². The van der Waals surface area contributed by atoms with Gasteiger partial charge in [-0.3, -0.25) is 0 Å². The molecule has 4 rings (SSSR count). The quantitative estimate of drug-likeness (QED) is 0.635. The highest BCUT2D eigenvalue weighted by Gasteiger charge is 2.22. The van der Waals surface area contributed by atoms with Crippen molar-refractivity contribution in [1.29, 1.82) is 0 Å². The number of thiazole rings is 1. The fourth-order valence-corrected chi connectivity index (χ4v) is 3.93. The lowest BCUT2D eigenvalue weighted by atomic mass is 10.1. The van der Waals surface area contributed by atoms with Crippen LogP contribution in [0.15, 0.2) is 30.5 Å². The molecule has 1 aliphatic rings. The molecule has 1 aromatic carbocycles. The molecule has 0 atom stereocenters. The molecule has 5 heteroatoms. The molecule has 0 aliphatic heterocycles. The van der Waals surface area contributed by atoms with Crippen LogP contribution in [-0.2, 0) is 11.3 Å². The summed E-state index contributed by atoms with van der Waals surface area (Å²) in [6.07, 6.45) is 4.88. The molecule has 1 aliphatic carbocycles. The van der Waals surface area contributed by atoms with Gasteiger partial charge < -0.3 is 9.30 Å². The molecule has 0 spiro atoms. The zero-order valence-electron chi connectivity index (χ0n) is 13.9. The number of aryl methyl sites for hydroxylation is 1. The Balaban J connectivity index is 1.66. The van der Waals surface area contributed by atoms with Crippen molar-refractivity contribution in [3.63, 3.8) is 0 Å². The molecule has 124 valence electrons. The second-order valence-electron chi connectivity index (χ2n) is 6.34. The molecule has 0 N–H and O–H groups in total. The second-order valence-corrected chi connectivity index (χ2v) is 7.34. The lowest BCUT2D eigenvalue weighted by Crippen LogP contribution is -2.03. The topological polar surface area (TPSA) is 44.1 Å². The van der Waals surface area contributed by atoms with Crippen LogP contribution in [0.4, 0.5) is 0 Å². The molecule has 0 unspecified atom stereocenters. The van der Waals surface area contributed by atoms with Crippen molar-refractivity contribution in [2.24, 2.45) is 5.92 Å². The summed E-state index contributed by atoms with van der Waals surface area (Å²) in [5, 5.41) is 2.09. The van der Waals surface area contributed by atoms with E-state index in [0.29, 0.717) is 11.5 Å². The van der Waals surface area contributed by atoms with Gasteiger partial charge in [-0.25, -0.2) is 9.78 Å². The van der Waals surface area contributed by atoms with E-state index >= 15 is 0 Å². The van der Waals surface area contributed by atoms with E-state index in [1.807, 2.05) is 13.8 Å². The summed E-state index contributed by atoms with van der Waals surface area (Å²) < 4.78 is 7.44. The van der Waals surface area contributed by atoms with Crippen LogP contribution in [0.25, 0.3) is 21.5 Å². The van der Waals surface area contributed by atoms with Crippen molar-refractivity contribution in [2.75, 3.05) is 6.61 Å². The first kappa shape index (κ1) is 15.4. The number of carbonyl (C=O) groups excluding carboxylic acids is 1. The van der Waals surface area contributed by atoms with Crippen LogP contribution in [0.1, 0.15) is 35.1 Å². The third kappa shape index (κ3) is 2.84. The molecule has 1 saturated carbocycles. The predicted octanol–water partition coefficient (Wildman–Crippen LogP) is 4.66. The largest absolute Gasteiger partial charge is 0.462 e. The molecule has 1 fully saturated rings. The number of hydrogen-bond donors (Lipinski definition) is 0. The zero-order valence-corrected chi connectivity index (χ0v) is 14.7. The van der Waals surface area contributed by atoms with Gasteiger partial charge in [0.2, 0.25) is 0 Å². The number of benzene rings is 1. The van der Waals surface area contributed by atoms with E-state index in [1.54, 1.807) is 0 Å². The first-order valence-electron chi connectivity index (χ1n) is 8.39. The van der Waals surface area contributed by atoms with Crippen molar-refractivity contribution < 1.29 is 9.53 Å². The minimum atomic E-state index is -0.282. The van der Waals surface area contributed by atoms with Gasteiger partial charge >= 0.3 is 5.97 Å². The number of ether oxygens (including phenoxy) is 1. The van der Waals surface area contributed by atoms with Crippen molar-refractivity contribution in [2.45, 2.75) is 33.2 Å². The second kappa shape index (κ2) is 6.06. The minimum Gasteiger partial charge on any atom is -0.462 e. The van der Waals surface area contributed by atoms with E-state index in [0.717, 1.165) is 28.7 Å². The van der Waals surface area contributed by atoms with E-state index in [4.69, 9.17) is 4.74 Å². The normalized spacial score (nSPS) is 14.2. The lowest BCUT2D eigenvalue weighted by Gasteiger charge is -2.04. The summed E-state index contributed by atoms with van der Waals surface area (Å²) in [4.78, 5) is 17.1. The highest BCUT2D eigenvalue weighted by molar-refractivity contribution is 7.17. The maximum atomic E-state index is 12.0. The Bertz CT molecular complexity index is 905. The predicted molar refractivity (Wildman–Crippen MR) is 96.5 cm³/mol. The Labute approximate surface area is 145 Å². The molecule has 2 aromatic heterocycles. The summed E-state index contributed by atoms with van der Waals surface area (Å²) >= 11 is 1.40. The minimum absolute atomic E-state index is 0.282. The molecule has 0 amide bonds. The Morgan fingerprint density at radius 3 is 2.96 bits per heavy atom. The van der Waals surface area contributed by atoms with E-state index in [2.05, 4.69) is 40.0 Å². The number of carbonyl (C=O) groups is 1. The molecule has 0 bridgehead atoms. The van der Waals surface area contributed by atoms with Crippen LogP contribution in [0.5, 0.6) is 0 Å². The standard InChI is InChI=1S/C19H20N2O2S/c1-3-23-19(22)17-12(2)20-18(24-17)15-6-7-16-14(10-15)8-9-21(16)11-13-4-5-13/h6-10,13H,3-5,11H2,1-2H3. The highest BCUT2D eigenvalue weighted by atomic mass is 32.1. The van der Waals surface area contributed by atoms with Crippen LogP contribution in [-0.4, -0.2) is 22.1 Å².